The number of carbonyl (C=O) groups excluding carboxylic acids is 2. The highest BCUT2D eigenvalue weighted by atomic mass is 35.5. The van der Waals surface area contributed by atoms with Crippen LogP contribution in [0.4, 0.5) is 4.39 Å². The Morgan fingerprint density at radius 2 is 1.96 bits per heavy atom. The molecule has 1 aliphatic heterocycles. The van der Waals surface area contributed by atoms with Crippen LogP contribution in [0.5, 0.6) is 0 Å². The number of likely N-dealkylation sites (tertiary alicyclic amines) is 1. The van der Waals surface area contributed by atoms with Gasteiger partial charge in [0.15, 0.2) is 0 Å². The number of hydrogen-bond acceptors (Lipinski definition) is 2. The summed E-state index contributed by atoms with van der Waals surface area (Å²) in [5.74, 6) is -0.578. The Balaban J connectivity index is 1.60. The van der Waals surface area contributed by atoms with E-state index in [1.807, 2.05) is 0 Å². The second kappa shape index (κ2) is 8.72. The number of amides is 2. The molecule has 1 aliphatic rings. The van der Waals surface area contributed by atoms with Crippen molar-refractivity contribution < 1.29 is 14.0 Å². The summed E-state index contributed by atoms with van der Waals surface area (Å²) in [4.78, 5) is 26.2. The molecule has 0 spiro atoms. The van der Waals surface area contributed by atoms with Crippen molar-refractivity contribution in [1.82, 2.24) is 10.2 Å². The van der Waals surface area contributed by atoms with Gasteiger partial charge in [-0.3, -0.25) is 9.59 Å². The molecule has 1 heterocycles. The number of rotatable bonds is 6. The van der Waals surface area contributed by atoms with E-state index < -0.39 is 0 Å². The van der Waals surface area contributed by atoms with Crippen molar-refractivity contribution in [2.24, 2.45) is 0 Å². The van der Waals surface area contributed by atoms with Gasteiger partial charge in [0.2, 0.25) is 11.8 Å². The first-order chi connectivity index (χ1) is 12.9. The first kappa shape index (κ1) is 19.6. The zero-order valence-electron chi connectivity index (χ0n) is 14.6. The van der Waals surface area contributed by atoms with Gasteiger partial charge in [-0.2, -0.15) is 0 Å². The summed E-state index contributed by atoms with van der Waals surface area (Å²) < 4.78 is 13.6. The molecule has 0 saturated carbocycles. The lowest BCUT2D eigenvalue weighted by Crippen LogP contribution is -2.37. The fourth-order valence-electron chi connectivity index (χ4n) is 3.18. The molecule has 0 bridgehead atoms. The summed E-state index contributed by atoms with van der Waals surface area (Å²) in [5.41, 5.74) is 1.21. The first-order valence-electron chi connectivity index (χ1n) is 8.67. The van der Waals surface area contributed by atoms with Gasteiger partial charge in [0.25, 0.3) is 0 Å². The third-order valence-corrected chi connectivity index (χ3v) is 5.25. The van der Waals surface area contributed by atoms with E-state index in [9.17, 15) is 14.0 Å². The topological polar surface area (TPSA) is 49.4 Å². The van der Waals surface area contributed by atoms with E-state index in [1.165, 1.54) is 6.07 Å². The summed E-state index contributed by atoms with van der Waals surface area (Å²) in [5, 5.41) is 3.74. The minimum absolute atomic E-state index is 0.00656. The largest absolute Gasteiger partial charge is 0.352 e. The van der Waals surface area contributed by atoms with E-state index in [0.717, 1.165) is 5.56 Å². The van der Waals surface area contributed by atoms with Crippen LogP contribution >= 0.6 is 23.2 Å². The SMILES string of the molecule is O=C(CC1CCC(=O)N1Cc1ccc(Cl)cc1Cl)NCc1ccccc1F. The van der Waals surface area contributed by atoms with Gasteiger partial charge < -0.3 is 10.2 Å². The first-order valence-corrected chi connectivity index (χ1v) is 9.43. The minimum atomic E-state index is -0.354. The van der Waals surface area contributed by atoms with Crippen LogP contribution < -0.4 is 5.32 Å². The molecule has 27 heavy (non-hydrogen) atoms. The summed E-state index contributed by atoms with van der Waals surface area (Å²) in [6, 6.07) is 11.2. The maximum absolute atomic E-state index is 13.6. The quantitative estimate of drug-likeness (QED) is 0.772. The third kappa shape index (κ3) is 4.99. The molecule has 0 radical (unpaired) electrons. The van der Waals surface area contributed by atoms with Gasteiger partial charge in [0, 0.05) is 47.6 Å². The molecule has 1 saturated heterocycles. The third-order valence-electron chi connectivity index (χ3n) is 4.66. The maximum Gasteiger partial charge on any atom is 0.223 e. The van der Waals surface area contributed by atoms with Crippen LogP contribution in [0.25, 0.3) is 0 Å². The smallest absolute Gasteiger partial charge is 0.223 e. The van der Waals surface area contributed by atoms with Crippen molar-refractivity contribution >= 4 is 35.0 Å². The lowest BCUT2D eigenvalue weighted by atomic mass is 10.1. The van der Waals surface area contributed by atoms with Gasteiger partial charge in [-0.05, 0) is 30.2 Å². The predicted octanol–water partition coefficient (Wildman–Crippen LogP) is 4.33. The normalized spacial score (nSPS) is 16.6. The zero-order chi connectivity index (χ0) is 19.4. The number of carbonyl (C=O) groups is 2. The van der Waals surface area contributed by atoms with E-state index in [1.54, 1.807) is 41.3 Å². The van der Waals surface area contributed by atoms with Gasteiger partial charge in [-0.25, -0.2) is 4.39 Å². The molecule has 2 aromatic carbocycles. The van der Waals surface area contributed by atoms with Crippen molar-refractivity contribution in [3.63, 3.8) is 0 Å². The van der Waals surface area contributed by atoms with Crippen LogP contribution in [0.2, 0.25) is 10.0 Å². The minimum Gasteiger partial charge on any atom is -0.352 e. The molecule has 142 valence electrons. The Morgan fingerprint density at radius 3 is 2.70 bits per heavy atom. The van der Waals surface area contributed by atoms with Crippen molar-refractivity contribution in [2.75, 3.05) is 0 Å². The Labute approximate surface area is 167 Å². The predicted molar refractivity (Wildman–Crippen MR) is 103 cm³/mol. The van der Waals surface area contributed by atoms with Gasteiger partial charge in [-0.1, -0.05) is 47.5 Å². The number of hydrogen-bond donors (Lipinski definition) is 1. The maximum atomic E-state index is 13.6. The Morgan fingerprint density at radius 1 is 1.19 bits per heavy atom. The highest BCUT2D eigenvalue weighted by Gasteiger charge is 2.32. The van der Waals surface area contributed by atoms with Gasteiger partial charge in [0.05, 0.1) is 0 Å². The molecule has 2 amide bonds. The summed E-state index contributed by atoms with van der Waals surface area (Å²) in [7, 11) is 0. The molecule has 7 heteroatoms. The summed E-state index contributed by atoms with van der Waals surface area (Å²) in [6.07, 6.45) is 1.18. The lowest BCUT2D eigenvalue weighted by Gasteiger charge is -2.25. The van der Waals surface area contributed by atoms with Crippen LogP contribution in [0.15, 0.2) is 42.5 Å². The lowest BCUT2D eigenvalue weighted by molar-refractivity contribution is -0.130. The second-order valence-electron chi connectivity index (χ2n) is 6.52. The number of nitrogens with zero attached hydrogens (tertiary/aromatic N) is 1. The van der Waals surface area contributed by atoms with Crippen molar-refractivity contribution in [2.45, 2.75) is 38.4 Å². The van der Waals surface area contributed by atoms with Crippen LogP contribution in [-0.4, -0.2) is 22.8 Å². The fourth-order valence-corrected chi connectivity index (χ4v) is 3.65. The molecule has 2 aromatic rings. The molecule has 0 aromatic heterocycles. The van der Waals surface area contributed by atoms with E-state index in [4.69, 9.17) is 23.2 Å². The average molecular weight is 409 g/mol. The van der Waals surface area contributed by atoms with Crippen LogP contribution in [0.1, 0.15) is 30.4 Å². The van der Waals surface area contributed by atoms with E-state index in [-0.39, 0.29) is 36.6 Å². The summed E-state index contributed by atoms with van der Waals surface area (Å²) in [6.45, 7) is 0.454. The molecule has 4 nitrogen and oxygen atoms in total. The van der Waals surface area contributed by atoms with Crippen LogP contribution in [0.3, 0.4) is 0 Å². The zero-order valence-corrected chi connectivity index (χ0v) is 16.1. The molecule has 1 N–H and O–H groups in total. The van der Waals surface area contributed by atoms with Crippen LogP contribution in [0, 0.1) is 5.82 Å². The van der Waals surface area contributed by atoms with Crippen molar-refractivity contribution in [1.29, 1.82) is 0 Å². The van der Waals surface area contributed by atoms with Gasteiger partial charge in [-0.15, -0.1) is 0 Å². The monoisotopic (exact) mass is 408 g/mol. The molecule has 1 fully saturated rings. The standard InChI is InChI=1S/C20H19Cl2FN2O2/c21-15-6-5-14(17(22)9-15)12-25-16(7-8-20(25)27)10-19(26)24-11-13-3-1-2-4-18(13)23/h1-6,9,16H,7-8,10-12H2,(H,24,26). The van der Waals surface area contributed by atoms with E-state index in [2.05, 4.69) is 5.32 Å². The van der Waals surface area contributed by atoms with E-state index >= 15 is 0 Å². The Bertz CT molecular complexity index is 860. The van der Waals surface area contributed by atoms with Gasteiger partial charge >= 0.3 is 0 Å². The Kier molecular flexibility index (Phi) is 6.34. The highest BCUT2D eigenvalue weighted by Crippen LogP contribution is 2.28. The summed E-state index contributed by atoms with van der Waals surface area (Å²) >= 11 is 12.1. The van der Waals surface area contributed by atoms with Crippen molar-refractivity contribution in [3.05, 3.63) is 69.5 Å². The highest BCUT2D eigenvalue weighted by molar-refractivity contribution is 6.35. The number of nitrogens with one attached hydrogen (secondary N) is 1. The van der Waals surface area contributed by atoms with E-state index in [0.29, 0.717) is 35.0 Å². The average Bonchev–Trinajstić information content (AvgIpc) is 2.96. The molecular weight excluding hydrogens is 390 g/mol. The van der Waals surface area contributed by atoms with Crippen molar-refractivity contribution in [3.8, 4) is 0 Å². The number of halogens is 3. The van der Waals surface area contributed by atoms with Gasteiger partial charge in [0.1, 0.15) is 5.82 Å². The molecule has 1 atom stereocenters. The second-order valence-corrected chi connectivity index (χ2v) is 7.37. The Hall–Kier alpha value is -2.11. The number of benzene rings is 2. The molecule has 0 aliphatic carbocycles. The fraction of sp³-hybridized carbons (Fsp3) is 0.300. The van der Waals surface area contributed by atoms with Crippen LogP contribution in [-0.2, 0) is 22.7 Å². The molecule has 3 rings (SSSR count). The molecular formula is C20H19Cl2FN2O2. The molecule has 1 unspecified atom stereocenters.